The van der Waals surface area contributed by atoms with Gasteiger partial charge in [0.15, 0.2) is 0 Å². The van der Waals surface area contributed by atoms with Crippen LogP contribution in [0.1, 0.15) is 31.7 Å². The highest BCUT2D eigenvalue weighted by Crippen LogP contribution is 2.30. The molecule has 1 aromatic rings. The lowest BCUT2D eigenvalue weighted by atomic mass is 10.0. The minimum Gasteiger partial charge on any atom is -0.490 e. The minimum absolute atomic E-state index is 0.123. The maximum absolute atomic E-state index is 13.0. The third-order valence-corrected chi connectivity index (χ3v) is 2.99. The predicted octanol–water partition coefficient (Wildman–Crippen LogP) is 2.65. The molecule has 0 saturated carbocycles. The topological polar surface area (TPSA) is 35.2 Å². The Bertz CT molecular complexity index is 367. The molecule has 0 amide bonds. The largest absolute Gasteiger partial charge is 0.490 e. The first kappa shape index (κ1) is 11.4. The maximum Gasteiger partial charge on any atom is 0.123 e. The maximum atomic E-state index is 13.0. The van der Waals surface area contributed by atoms with Crippen molar-refractivity contribution in [2.45, 2.75) is 44.8 Å². The summed E-state index contributed by atoms with van der Waals surface area (Å²) >= 11 is 0. The lowest BCUT2D eigenvalue weighted by Crippen LogP contribution is -2.28. The molecule has 0 fully saturated rings. The van der Waals surface area contributed by atoms with Crippen molar-refractivity contribution in [3.63, 3.8) is 0 Å². The highest BCUT2D eigenvalue weighted by Gasteiger charge is 2.24. The molecule has 0 aliphatic carbocycles. The second-order valence-corrected chi connectivity index (χ2v) is 4.48. The number of hydrogen-bond donors (Lipinski definition) is 1. The lowest BCUT2D eigenvalue weighted by molar-refractivity contribution is 0.208. The zero-order valence-electron chi connectivity index (χ0n) is 9.58. The van der Waals surface area contributed by atoms with Crippen LogP contribution in [0.3, 0.4) is 0 Å². The van der Waals surface area contributed by atoms with E-state index in [0.29, 0.717) is 0 Å². The summed E-state index contributed by atoms with van der Waals surface area (Å²) in [5.74, 6) is 0.621. The normalized spacial score (nSPS) is 20.3. The summed E-state index contributed by atoms with van der Waals surface area (Å²) < 4.78 is 18.7. The van der Waals surface area contributed by atoms with Gasteiger partial charge in [0.2, 0.25) is 0 Å². The molecule has 1 aliphatic heterocycles. The van der Waals surface area contributed by atoms with Crippen molar-refractivity contribution in [3.8, 4) is 5.75 Å². The number of hydrogen-bond acceptors (Lipinski definition) is 2. The van der Waals surface area contributed by atoms with Crippen LogP contribution in [0.4, 0.5) is 4.39 Å². The molecule has 0 aromatic heterocycles. The molecule has 2 N–H and O–H groups in total. The van der Waals surface area contributed by atoms with Crippen molar-refractivity contribution < 1.29 is 9.13 Å². The Morgan fingerprint density at radius 3 is 3.12 bits per heavy atom. The standard InChI is InChI=1S/C13H18FNO/c1-2-3-11(15)8-12-7-9-6-10(14)4-5-13(9)16-12/h4-6,11-12H,2-3,7-8,15H2,1H3. The van der Waals surface area contributed by atoms with E-state index in [9.17, 15) is 4.39 Å². The van der Waals surface area contributed by atoms with Crippen molar-refractivity contribution in [1.29, 1.82) is 0 Å². The van der Waals surface area contributed by atoms with Crippen molar-refractivity contribution in [2.24, 2.45) is 5.73 Å². The molecule has 16 heavy (non-hydrogen) atoms. The van der Waals surface area contributed by atoms with Gasteiger partial charge in [0, 0.05) is 18.0 Å². The van der Waals surface area contributed by atoms with Gasteiger partial charge in [0.05, 0.1) is 0 Å². The fourth-order valence-electron chi connectivity index (χ4n) is 2.25. The highest BCUT2D eigenvalue weighted by molar-refractivity contribution is 5.37. The van der Waals surface area contributed by atoms with E-state index in [1.54, 1.807) is 12.1 Å². The van der Waals surface area contributed by atoms with E-state index in [1.165, 1.54) is 6.07 Å². The molecule has 0 spiro atoms. The molecule has 88 valence electrons. The molecule has 1 aliphatic rings. The van der Waals surface area contributed by atoms with E-state index in [1.807, 2.05) is 0 Å². The van der Waals surface area contributed by atoms with E-state index in [0.717, 1.165) is 37.0 Å². The number of nitrogens with two attached hydrogens (primary N) is 1. The molecule has 3 heteroatoms. The van der Waals surface area contributed by atoms with Crippen molar-refractivity contribution in [3.05, 3.63) is 29.6 Å². The molecular formula is C13H18FNO. The van der Waals surface area contributed by atoms with Crippen LogP contribution < -0.4 is 10.5 Å². The van der Waals surface area contributed by atoms with Crippen LogP contribution >= 0.6 is 0 Å². The Labute approximate surface area is 95.6 Å². The monoisotopic (exact) mass is 223 g/mol. The fourth-order valence-corrected chi connectivity index (χ4v) is 2.25. The van der Waals surface area contributed by atoms with Crippen LogP contribution in [0.5, 0.6) is 5.75 Å². The lowest BCUT2D eigenvalue weighted by Gasteiger charge is -2.15. The summed E-state index contributed by atoms with van der Waals surface area (Å²) in [5, 5.41) is 0. The zero-order chi connectivity index (χ0) is 11.5. The van der Waals surface area contributed by atoms with Gasteiger partial charge in [-0.1, -0.05) is 13.3 Å². The van der Waals surface area contributed by atoms with Gasteiger partial charge in [-0.05, 0) is 31.0 Å². The molecule has 2 atom stereocenters. The van der Waals surface area contributed by atoms with Gasteiger partial charge in [-0.2, -0.15) is 0 Å². The molecule has 0 radical (unpaired) electrons. The molecule has 0 bridgehead atoms. The van der Waals surface area contributed by atoms with E-state index in [-0.39, 0.29) is 18.0 Å². The van der Waals surface area contributed by atoms with Gasteiger partial charge >= 0.3 is 0 Å². The smallest absolute Gasteiger partial charge is 0.123 e. The third-order valence-electron chi connectivity index (χ3n) is 2.99. The number of benzene rings is 1. The van der Waals surface area contributed by atoms with Gasteiger partial charge < -0.3 is 10.5 Å². The van der Waals surface area contributed by atoms with Crippen LogP contribution in [-0.4, -0.2) is 12.1 Å². The van der Waals surface area contributed by atoms with Crippen LogP contribution in [0.25, 0.3) is 0 Å². The zero-order valence-corrected chi connectivity index (χ0v) is 9.58. The molecular weight excluding hydrogens is 205 g/mol. The molecule has 2 unspecified atom stereocenters. The molecule has 2 rings (SSSR count). The van der Waals surface area contributed by atoms with Crippen molar-refractivity contribution in [1.82, 2.24) is 0 Å². The Morgan fingerprint density at radius 1 is 1.56 bits per heavy atom. The molecule has 1 aromatic carbocycles. The average Bonchev–Trinajstić information content (AvgIpc) is 2.59. The quantitative estimate of drug-likeness (QED) is 0.851. The Kier molecular flexibility index (Phi) is 3.44. The summed E-state index contributed by atoms with van der Waals surface area (Å²) in [5.41, 5.74) is 6.94. The SMILES string of the molecule is CCCC(N)CC1Cc2cc(F)ccc2O1. The number of halogens is 1. The second kappa shape index (κ2) is 4.83. The summed E-state index contributed by atoms with van der Waals surface area (Å²) in [6.07, 6.45) is 3.87. The fraction of sp³-hybridized carbons (Fsp3) is 0.538. The Morgan fingerprint density at radius 2 is 2.38 bits per heavy atom. The van der Waals surface area contributed by atoms with Crippen LogP contribution in [0.15, 0.2) is 18.2 Å². The van der Waals surface area contributed by atoms with E-state index < -0.39 is 0 Å². The summed E-state index contributed by atoms with van der Waals surface area (Å²) in [6, 6.07) is 4.89. The minimum atomic E-state index is -0.194. The summed E-state index contributed by atoms with van der Waals surface area (Å²) in [6.45, 7) is 2.12. The Hall–Kier alpha value is -1.09. The van der Waals surface area contributed by atoms with Gasteiger partial charge in [-0.3, -0.25) is 0 Å². The summed E-state index contributed by atoms with van der Waals surface area (Å²) in [4.78, 5) is 0. The van der Waals surface area contributed by atoms with Gasteiger partial charge in [0.25, 0.3) is 0 Å². The highest BCUT2D eigenvalue weighted by atomic mass is 19.1. The van der Waals surface area contributed by atoms with Crippen molar-refractivity contribution >= 4 is 0 Å². The van der Waals surface area contributed by atoms with Crippen molar-refractivity contribution in [2.75, 3.05) is 0 Å². The number of ether oxygens (including phenoxy) is 1. The van der Waals surface area contributed by atoms with Crippen LogP contribution in [-0.2, 0) is 6.42 Å². The first-order valence-corrected chi connectivity index (χ1v) is 5.89. The third kappa shape index (κ3) is 2.53. The second-order valence-electron chi connectivity index (χ2n) is 4.48. The molecule has 1 heterocycles. The molecule has 2 nitrogen and oxygen atoms in total. The van der Waals surface area contributed by atoms with Gasteiger partial charge in [-0.15, -0.1) is 0 Å². The number of rotatable bonds is 4. The first-order valence-electron chi connectivity index (χ1n) is 5.89. The average molecular weight is 223 g/mol. The molecule has 0 saturated heterocycles. The van der Waals surface area contributed by atoms with Crippen LogP contribution in [0.2, 0.25) is 0 Å². The van der Waals surface area contributed by atoms with E-state index in [4.69, 9.17) is 10.5 Å². The van der Waals surface area contributed by atoms with E-state index >= 15 is 0 Å². The van der Waals surface area contributed by atoms with Gasteiger partial charge in [-0.25, -0.2) is 4.39 Å². The summed E-state index contributed by atoms with van der Waals surface area (Å²) in [7, 11) is 0. The number of fused-ring (bicyclic) bond motifs is 1. The first-order chi connectivity index (χ1) is 7.69. The van der Waals surface area contributed by atoms with E-state index in [2.05, 4.69) is 6.92 Å². The van der Waals surface area contributed by atoms with Crippen LogP contribution in [0, 0.1) is 5.82 Å². The Balaban J connectivity index is 1.95. The van der Waals surface area contributed by atoms with Gasteiger partial charge in [0.1, 0.15) is 17.7 Å². The predicted molar refractivity (Wildman–Crippen MR) is 62.0 cm³/mol.